The maximum atomic E-state index is 13.6. The molecule has 0 saturated carbocycles. The molecule has 2 fully saturated rings. The number of hydrogen-bond donors (Lipinski definition) is 1. The summed E-state index contributed by atoms with van der Waals surface area (Å²) in [6.07, 6.45) is 1.62. The molecule has 4 rings (SSSR count). The molecule has 32 heavy (non-hydrogen) atoms. The third-order valence-corrected chi connectivity index (χ3v) is 7.55. The van der Waals surface area contributed by atoms with Gasteiger partial charge in [0.25, 0.3) is 5.56 Å². The highest BCUT2D eigenvalue weighted by atomic mass is 35.5. The maximum absolute atomic E-state index is 13.6. The molecule has 2 aliphatic rings. The van der Waals surface area contributed by atoms with Crippen LogP contribution >= 0.6 is 23.2 Å². The van der Waals surface area contributed by atoms with Gasteiger partial charge < -0.3 is 15.4 Å². The lowest BCUT2D eigenvalue weighted by Crippen LogP contribution is -2.52. The first kappa shape index (κ1) is 23.7. The molecule has 162 valence electrons. The van der Waals surface area contributed by atoms with Crippen LogP contribution in [-0.4, -0.2) is 64.9 Å². The predicted molar refractivity (Wildman–Crippen MR) is 131 cm³/mol. The minimum atomic E-state index is -1.91. The Labute approximate surface area is 202 Å². The largest absolute Gasteiger partial charge is 0.376 e. The number of anilines is 1. The van der Waals surface area contributed by atoms with Gasteiger partial charge >= 0.3 is 0 Å². The monoisotopic (exact) mass is 466 g/mol. The first-order valence-electron chi connectivity index (χ1n) is 10.5. The lowest BCUT2D eigenvalue weighted by molar-refractivity contribution is 0.0974. The standard InChI is InChI=1S/C21H23B3Cl2N4O2/c1-11-17(27)20(10-32-11)6-8-29(9-7-20)18-15(21(22,23)24)19(31)30(12(2)28-18)14-5-3-4-13(25)16(14)26/h3-5,11,17H,6-10,27H2,1-2H3/t11-,17+/m0/s1. The fourth-order valence-corrected chi connectivity index (χ4v) is 5.19. The van der Waals surface area contributed by atoms with E-state index in [-0.39, 0.29) is 28.1 Å². The van der Waals surface area contributed by atoms with E-state index in [1.54, 1.807) is 25.1 Å². The molecular weight excluding hydrogens is 444 g/mol. The van der Waals surface area contributed by atoms with Crippen molar-refractivity contribution >= 4 is 52.6 Å². The highest BCUT2D eigenvalue weighted by Crippen LogP contribution is 2.42. The van der Waals surface area contributed by atoms with Gasteiger partial charge in [0, 0.05) is 30.1 Å². The second kappa shape index (κ2) is 8.42. The molecule has 2 saturated heterocycles. The molecule has 1 aromatic heterocycles. The Bertz CT molecular complexity index is 1100. The molecule has 0 unspecified atom stereocenters. The van der Waals surface area contributed by atoms with Gasteiger partial charge in [-0.2, -0.15) is 0 Å². The molecule has 2 aliphatic heterocycles. The van der Waals surface area contributed by atoms with Gasteiger partial charge in [-0.05, 0) is 38.8 Å². The number of ether oxygens (including phenoxy) is 1. The normalized spacial score (nSPS) is 23.1. The summed E-state index contributed by atoms with van der Waals surface area (Å²) in [5, 5.41) is -1.37. The Balaban J connectivity index is 1.78. The fourth-order valence-electron chi connectivity index (χ4n) is 4.81. The van der Waals surface area contributed by atoms with Crippen molar-refractivity contribution in [2.75, 3.05) is 24.6 Å². The van der Waals surface area contributed by atoms with Crippen LogP contribution in [0, 0.1) is 12.3 Å². The summed E-state index contributed by atoms with van der Waals surface area (Å²) in [6, 6.07) is 4.97. The Morgan fingerprint density at radius 2 is 1.91 bits per heavy atom. The summed E-state index contributed by atoms with van der Waals surface area (Å²) in [4.78, 5) is 20.3. The number of halogens is 2. The van der Waals surface area contributed by atoms with E-state index in [9.17, 15) is 4.79 Å². The zero-order chi connectivity index (χ0) is 23.4. The minimum Gasteiger partial charge on any atom is -0.376 e. The van der Waals surface area contributed by atoms with Crippen LogP contribution in [0.3, 0.4) is 0 Å². The molecule has 0 bridgehead atoms. The molecule has 1 spiro atoms. The van der Waals surface area contributed by atoms with Crippen molar-refractivity contribution in [2.24, 2.45) is 11.1 Å². The maximum Gasteiger partial charge on any atom is 0.261 e. The van der Waals surface area contributed by atoms with Crippen LogP contribution in [0.15, 0.2) is 23.0 Å². The smallest absolute Gasteiger partial charge is 0.261 e. The van der Waals surface area contributed by atoms with E-state index in [2.05, 4.69) is 0 Å². The van der Waals surface area contributed by atoms with E-state index < -0.39 is 10.7 Å². The summed E-state index contributed by atoms with van der Waals surface area (Å²) in [5.41, 5.74) is 6.25. The summed E-state index contributed by atoms with van der Waals surface area (Å²) < 4.78 is 7.14. The summed E-state index contributed by atoms with van der Waals surface area (Å²) in [5.74, 6) is 0.793. The Hall–Kier alpha value is -1.41. The molecule has 3 heterocycles. The quantitative estimate of drug-likeness (QED) is 0.698. The lowest BCUT2D eigenvalue weighted by atomic mass is 9.40. The third-order valence-electron chi connectivity index (χ3n) is 6.74. The van der Waals surface area contributed by atoms with E-state index in [1.807, 2.05) is 11.8 Å². The summed E-state index contributed by atoms with van der Waals surface area (Å²) >= 11 is 12.5. The second-order valence-electron chi connectivity index (χ2n) is 8.90. The number of benzene rings is 1. The van der Waals surface area contributed by atoms with E-state index in [0.717, 1.165) is 12.8 Å². The molecule has 2 atom stereocenters. The molecule has 0 amide bonds. The van der Waals surface area contributed by atoms with Crippen LogP contribution < -0.4 is 16.2 Å². The van der Waals surface area contributed by atoms with Crippen molar-refractivity contribution in [1.29, 1.82) is 0 Å². The van der Waals surface area contributed by atoms with Crippen molar-refractivity contribution in [2.45, 2.75) is 43.9 Å². The number of piperidine rings is 1. The summed E-state index contributed by atoms with van der Waals surface area (Å²) in [6.45, 7) is 5.60. The molecule has 11 heteroatoms. The van der Waals surface area contributed by atoms with Crippen LogP contribution in [-0.2, 0) is 9.85 Å². The number of hydrogen-bond acceptors (Lipinski definition) is 5. The zero-order valence-corrected chi connectivity index (χ0v) is 19.7. The lowest BCUT2D eigenvalue weighted by Gasteiger charge is -2.43. The van der Waals surface area contributed by atoms with Crippen LogP contribution in [0.5, 0.6) is 0 Å². The van der Waals surface area contributed by atoms with Gasteiger partial charge in [0.1, 0.15) is 11.6 Å². The first-order chi connectivity index (χ1) is 15.0. The molecule has 2 N–H and O–H groups in total. The molecule has 1 aromatic carbocycles. The number of nitrogens with zero attached hydrogens (tertiary/aromatic N) is 3. The Morgan fingerprint density at radius 1 is 1.25 bits per heavy atom. The van der Waals surface area contributed by atoms with Gasteiger partial charge in [0.2, 0.25) is 0 Å². The molecule has 6 radical (unpaired) electrons. The summed E-state index contributed by atoms with van der Waals surface area (Å²) in [7, 11) is 18.2. The minimum absolute atomic E-state index is 0.00966. The van der Waals surface area contributed by atoms with Crippen LogP contribution in [0.2, 0.25) is 10.0 Å². The van der Waals surface area contributed by atoms with E-state index in [0.29, 0.717) is 42.0 Å². The van der Waals surface area contributed by atoms with Gasteiger partial charge in [-0.3, -0.25) is 9.36 Å². The highest BCUT2D eigenvalue weighted by Gasteiger charge is 2.48. The first-order valence-corrected chi connectivity index (χ1v) is 11.3. The molecule has 2 aromatic rings. The molecule has 0 aliphatic carbocycles. The zero-order valence-electron chi connectivity index (χ0n) is 18.1. The average Bonchev–Trinajstić information content (AvgIpc) is 2.99. The van der Waals surface area contributed by atoms with Crippen molar-refractivity contribution in [3.05, 3.63) is 50.0 Å². The van der Waals surface area contributed by atoms with Crippen LogP contribution in [0.1, 0.15) is 31.2 Å². The topological polar surface area (TPSA) is 73.4 Å². The molecule has 6 nitrogen and oxygen atoms in total. The van der Waals surface area contributed by atoms with Gasteiger partial charge in [-0.15, -0.1) is 0 Å². The fraction of sp³-hybridized carbons (Fsp3) is 0.524. The van der Waals surface area contributed by atoms with Crippen molar-refractivity contribution < 1.29 is 4.74 Å². The Kier molecular flexibility index (Phi) is 6.25. The predicted octanol–water partition coefficient (Wildman–Crippen LogP) is 1.80. The van der Waals surface area contributed by atoms with Crippen molar-refractivity contribution in [1.82, 2.24) is 9.55 Å². The average molecular weight is 467 g/mol. The van der Waals surface area contributed by atoms with Crippen molar-refractivity contribution in [3.8, 4) is 5.69 Å². The van der Waals surface area contributed by atoms with Crippen LogP contribution in [0.4, 0.5) is 5.82 Å². The number of nitrogens with two attached hydrogens (primary N) is 1. The van der Waals surface area contributed by atoms with E-state index in [1.165, 1.54) is 4.57 Å². The molecular formula is C21H23B3Cl2N4O2. The van der Waals surface area contributed by atoms with E-state index >= 15 is 0 Å². The third kappa shape index (κ3) is 3.91. The van der Waals surface area contributed by atoms with Crippen molar-refractivity contribution in [3.63, 3.8) is 0 Å². The van der Waals surface area contributed by atoms with E-state index in [4.69, 9.17) is 62.2 Å². The second-order valence-corrected chi connectivity index (χ2v) is 9.68. The van der Waals surface area contributed by atoms with Crippen LogP contribution in [0.25, 0.3) is 5.69 Å². The number of aryl methyl sites for hydroxylation is 1. The highest BCUT2D eigenvalue weighted by molar-refractivity contribution is 6.59. The Morgan fingerprint density at radius 3 is 2.47 bits per heavy atom. The van der Waals surface area contributed by atoms with Gasteiger partial charge in [0.15, 0.2) is 0 Å². The SMILES string of the molecule is [B]C([B])([B])c1c(N2CCC3(CC2)CO[C@@H](C)[C@H]3N)nc(C)n(-c2cccc(Cl)c2Cl)c1=O. The van der Waals surface area contributed by atoms with Gasteiger partial charge in [0.05, 0.1) is 52.0 Å². The van der Waals surface area contributed by atoms with Gasteiger partial charge in [-0.25, -0.2) is 4.98 Å². The number of aromatic nitrogens is 2. The van der Waals surface area contributed by atoms with Gasteiger partial charge in [-0.1, -0.05) is 34.4 Å². The number of rotatable bonds is 3.